The third-order valence-corrected chi connectivity index (χ3v) is 6.15. The van der Waals surface area contributed by atoms with Crippen LogP contribution in [0.15, 0.2) is 64.1 Å². The van der Waals surface area contributed by atoms with Crippen LogP contribution in [-0.4, -0.2) is 56.0 Å². The van der Waals surface area contributed by atoms with Crippen LogP contribution in [0.25, 0.3) is 11.5 Å². The Hall–Kier alpha value is -3.21. The van der Waals surface area contributed by atoms with Crippen molar-refractivity contribution in [3.63, 3.8) is 0 Å². The second-order valence-corrected chi connectivity index (χ2v) is 8.88. The van der Waals surface area contributed by atoms with E-state index in [1.807, 2.05) is 30.3 Å². The molecule has 3 aromatic rings. The molecule has 2 aromatic carbocycles. The number of carbonyl (C=O) groups is 1. The number of rotatable bonds is 9. The van der Waals surface area contributed by atoms with E-state index >= 15 is 0 Å². The number of aliphatic hydroxyl groups is 1. The maximum atomic E-state index is 12.7. The molecule has 0 amide bonds. The number of aliphatic hydroxyl groups excluding tert-OH is 1. The molecule has 0 fully saturated rings. The molecular formula is C21H23N3O6S. The number of oxazole rings is 1. The topological polar surface area (TPSA) is 122 Å². The molecule has 0 unspecified atom stereocenters. The fraction of sp³-hybridized carbons (Fsp3) is 0.238. The van der Waals surface area contributed by atoms with Crippen LogP contribution < -0.4 is 5.32 Å². The molecule has 0 aliphatic rings. The standard InChI is InChI=1S/C21H23N3O6S/c1-24(2)31(27,28)17-8-9-19(22-10-11-25)18(12-17)21(26)30-14-16-13-29-20(23-16)15-6-4-3-5-7-15/h3-9,12-13,22,25H,10-11,14H2,1-2H3. The number of hydrogen-bond donors (Lipinski definition) is 2. The Morgan fingerprint density at radius 2 is 1.94 bits per heavy atom. The average molecular weight is 445 g/mol. The number of anilines is 1. The number of sulfonamides is 1. The van der Waals surface area contributed by atoms with Crippen molar-refractivity contribution in [2.75, 3.05) is 32.6 Å². The Labute approximate surface area is 180 Å². The summed E-state index contributed by atoms with van der Waals surface area (Å²) in [5.74, 6) is -0.337. The summed E-state index contributed by atoms with van der Waals surface area (Å²) in [7, 11) is -0.938. The normalized spacial score (nSPS) is 11.5. The van der Waals surface area contributed by atoms with Gasteiger partial charge in [-0.25, -0.2) is 22.5 Å². The van der Waals surface area contributed by atoms with Crippen molar-refractivity contribution in [2.45, 2.75) is 11.5 Å². The number of carbonyl (C=O) groups excluding carboxylic acids is 1. The van der Waals surface area contributed by atoms with E-state index in [0.29, 0.717) is 17.3 Å². The Morgan fingerprint density at radius 1 is 1.19 bits per heavy atom. The third-order valence-electron chi connectivity index (χ3n) is 4.34. The van der Waals surface area contributed by atoms with Gasteiger partial charge in [0.1, 0.15) is 18.6 Å². The lowest BCUT2D eigenvalue weighted by Gasteiger charge is -2.15. The minimum atomic E-state index is -3.74. The maximum absolute atomic E-state index is 12.7. The number of aromatic nitrogens is 1. The first-order chi connectivity index (χ1) is 14.8. The van der Waals surface area contributed by atoms with E-state index in [1.54, 1.807) is 0 Å². The molecule has 1 heterocycles. The lowest BCUT2D eigenvalue weighted by Crippen LogP contribution is -2.23. The van der Waals surface area contributed by atoms with Gasteiger partial charge in [0, 0.05) is 31.9 Å². The molecule has 2 N–H and O–H groups in total. The number of esters is 1. The van der Waals surface area contributed by atoms with Crippen molar-refractivity contribution in [2.24, 2.45) is 0 Å². The van der Waals surface area contributed by atoms with E-state index in [-0.39, 0.29) is 30.2 Å². The number of nitrogens with one attached hydrogen (secondary N) is 1. The first kappa shape index (κ1) is 22.5. The van der Waals surface area contributed by atoms with Gasteiger partial charge in [-0.05, 0) is 30.3 Å². The Bertz CT molecular complexity index is 1140. The van der Waals surface area contributed by atoms with Crippen molar-refractivity contribution in [3.8, 4) is 11.5 Å². The van der Waals surface area contributed by atoms with Gasteiger partial charge in [0.25, 0.3) is 0 Å². The highest BCUT2D eigenvalue weighted by Gasteiger charge is 2.22. The van der Waals surface area contributed by atoms with Crippen molar-refractivity contribution in [1.29, 1.82) is 0 Å². The van der Waals surface area contributed by atoms with Gasteiger partial charge in [0.05, 0.1) is 17.1 Å². The van der Waals surface area contributed by atoms with E-state index < -0.39 is 16.0 Å². The fourth-order valence-electron chi connectivity index (χ4n) is 2.71. The molecule has 10 heteroatoms. The highest BCUT2D eigenvalue weighted by molar-refractivity contribution is 7.89. The van der Waals surface area contributed by atoms with E-state index in [0.717, 1.165) is 9.87 Å². The van der Waals surface area contributed by atoms with Crippen molar-refractivity contribution in [1.82, 2.24) is 9.29 Å². The molecule has 0 atom stereocenters. The number of nitrogens with zero attached hydrogens (tertiary/aromatic N) is 2. The highest BCUT2D eigenvalue weighted by atomic mass is 32.2. The lowest BCUT2D eigenvalue weighted by molar-refractivity contribution is 0.0468. The molecule has 0 saturated carbocycles. The van der Waals surface area contributed by atoms with E-state index in [1.165, 1.54) is 38.6 Å². The van der Waals surface area contributed by atoms with Gasteiger partial charge < -0.3 is 19.6 Å². The Morgan fingerprint density at radius 3 is 2.61 bits per heavy atom. The van der Waals surface area contributed by atoms with Crippen molar-refractivity contribution in [3.05, 3.63) is 66.1 Å². The van der Waals surface area contributed by atoms with Crippen LogP contribution in [0.3, 0.4) is 0 Å². The SMILES string of the molecule is CN(C)S(=O)(=O)c1ccc(NCCO)c(C(=O)OCc2coc(-c3ccccc3)n2)c1. The van der Waals surface area contributed by atoms with Gasteiger partial charge in [-0.3, -0.25) is 0 Å². The summed E-state index contributed by atoms with van der Waals surface area (Å²) in [5.41, 5.74) is 1.58. The highest BCUT2D eigenvalue weighted by Crippen LogP contribution is 2.24. The summed E-state index contributed by atoms with van der Waals surface area (Å²) in [6, 6.07) is 13.4. The number of hydrogen-bond acceptors (Lipinski definition) is 8. The van der Waals surface area contributed by atoms with Crippen LogP contribution >= 0.6 is 0 Å². The maximum Gasteiger partial charge on any atom is 0.340 e. The molecule has 3 rings (SSSR count). The van der Waals surface area contributed by atoms with Crippen LogP contribution in [0.5, 0.6) is 0 Å². The quantitative estimate of drug-likeness (QED) is 0.482. The molecule has 164 valence electrons. The molecule has 31 heavy (non-hydrogen) atoms. The van der Waals surface area contributed by atoms with Crippen LogP contribution in [0, 0.1) is 0 Å². The number of benzene rings is 2. The van der Waals surface area contributed by atoms with E-state index in [9.17, 15) is 13.2 Å². The van der Waals surface area contributed by atoms with Gasteiger partial charge in [-0.15, -0.1) is 0 Å². The van der Waals surface area contributed by atoms with Crippen molar-refractivity contribution < 1.29 is 27.5 Å². The van der Waals surface area contributed by atoms with Gasteiger partial charge in [0.15, 0.2) is 0 Å². The summed E-state index contributed by atoms with van der Waals surface area (Å²) >= 11 is 0. The molecule has 0 radical (unpaired) electrons. The minimum absolute atomic E-state index is 0.0307. The molecule has 0 spiro atoms. The zero-order valence-electron chi connectivity index (χ0n) is 17.1. The minimum Gasteiger partial charge on any atom is -0.455 e. The fourth-order valence-corrected chi connectivity index (χ4v) is 3.64. The summed E-state index contributed by atoms with van der Waals surface area (Å²) in [6.07, 6.45) is 1.40. The van der Waals surface area contributed by atoms with Gasteiger partial charge in [0.2, 0.25) is 15.9 Å². The second-order valence-electron chi connectivity index (χ2n) is 6.73. The Balaban J connectivity index is 1.80. The molecular weight excluding hydrogens is 422 g/mol. The summed E-state index contributed by atoms with van der Waals surface area (Å²) in [4.78, 5) is 17.0. The van der Waals surface area contributed by atoms with E-state index in [2.05, 4.69) is 10.3 Å². The third kappa shape index (κ3) is 5.29. The summed E-state index contributed by atoms with van der Waals surface area (Å²) in [5, 5.41) is 11.9. The Kier molecular flexibility index (Phi) is 7.06. The van der Waals surface area contributed by atoms with Gasteiger partial charge in [-0.1, -0.05) is 18.2 Å². The van der Waals surface area contributed by atoms with E-state index in [4.69, 9.17) is 14.3 Å². The summed E-state index contributed by atoms with van der Waals surface area (Å²) in [6.45, 7) is -0.128. The molecule has 0 aliphatic heterocycles. The van der Waals surface area contributed by atoms with Crippen molar-refractivity contribution >= 4 is 21.7 Å². The second kappa shape index (κ2) is 9.73. The van der Waals surface area contributed by atoms with Crippen LogP contribution in [0.1, 0.15) is 16.1 Å². The number of ether oxygens (including phenoxy) is 1. The molecule has 9 nitrogen and oxygen atoms in total. The molecule has 0 bridgehead atoms. The predicted molar refractivity (Wildman–Crippen MR) is 114 cm³/mol. The zero-order valence-corrected chi connectivity index (χ0v) is 17.9. The molecule has 0 aliphatic carbocycles. The van der Waals surface area contributed by atoms with Crippen LogP contribution in [0.4, 0.5) is 5.69 Å². The van der Waals surface area contributed by atoms with Gasteiger partial charge in [-0.2, -0.15) is 0 Å². The predicted octanol–water partition coefficient (Wildman–Crippen LogP) is 2.35. The zero-order chi connectivity index (χ0) is 22.4. The monoisotopic (exact) mass is 445 g/mol. The molecule has 1 aromatic heterocycles. The first-order valence-electron chi connectivity index (χ1n) is 9.41. The van der Waals surface area contributed by atoms with Gasteiger partial charge >= 0.3 is 5.97 Å². The largest absolute Gasteiger partial charge is 0.455 e. The lowest BCUT2D eigenvalue weighted by atomic mass is 10.2. The van der Waals surface area contributed by atoms with Crippen LogP contribution in [-0.2, 0) is 21.4 Å². The first-order valence-corrected chi connectivity index (χ1v) is 10.8. The van der Waals surface area contributed by atoms with Crippen LogP contribution in [0.2, 0.25) is 0 Å². The smallest absolute Gasteiger partial charge is 0.340 e. The molecule has 0 saturated heterocycles. The average Bonchev–Trinajstić information content (AvgIpc) is 3.25. The summed E-state index contributed by atoms with van der Waals surface area (Å²) < 4.78 is 36.7.